The lowest BCUT2D eigenvalue weighted by Crippen LogP contribution is -1.86. The van der Waals surface area contributed by atoms with E-state index in [1.807, 2.05) is 0 Å². The zero-order valence-corrected chi connectivity index (χ0v) is 5.57. The summed E-state index contributed by atoms with van der Waals surface area (Å²) in [6, 6.07) is 0. The van der Waals surface area contributed by atoms with E-state index < -0.39 is 0 Å². The number of thioether (sulfide) groups is 1. The summed E-state index contributed by atoms with van der Waals surface area (Å²) in [5, 5.41) is 0.338. The smallest absolute Gasteiger partial charge is 0.199 e. The average molecular weight is 143 g/mol. The molecule has 0 aromatic carbocycles. The van der Waals surface area contributed by atoms with E-state index in [9.17, 15) is 4.39 Å². The number of rotatable bonds is 1. The summed E-state index contributed by atoms with van der Waals surface area (Å²) in [6.07, 6.45) is 5.14. The Morgan fingerprint density at radius 1 is 1.78 bits per heavy atom. The summed E-state index contributed by atoms with van der Waals surface area (Å²) in [7, 11) is 0. The van der Waals surface area contributed by atoms with Gasteiger partial charge in [-0.15, -0.1) is 11.8 Å². The first kappa shape index (κ1) is 6.48. The van der Waals surface area contributed by atoms with Gasteiger partial charge in [-0.1, -0.05) is 0 Å². The molecule has 0 amide bonds. The molecule has 0 saturated carbocycles. The molecule has 0 spiro atoms. The van der Waals surface area contributed by atoms with Gasteiger partial charge in [-0.25, -0.2) is 14.4 Å². The Morgan fingerprint density at radius 3 is 3.00 bits per heavy atom. The van der Waals surface area contributed by atoms with Crippen LogP contribution in [0.2, 0.25) is 0 Å². The van der Waals surface area contributed by atoms with Crippen molar-refractivity contribution < 1.29 is 4.39 Å². The minimum Gasteiger partial charge on any atom is -0.231 e. The van der Waals surface area contributed by atoms with Gasteiger partial charge in [0.1, 0.15) is 5.03 Å². The van der Waals surface area contributed by atoms with E-state index in [1.54, 1.807) is 6.26 Å². The van der Waals surface area contributed by atoms with Crippen molar-refractivity contribution in [1.82, 2.24) is 9.97 Å². The first-order valence-corrected chi connectivity index (χ1v) is 3.49. The number of nitrogens with zero attached hydrogens (tertiary/aromatic N) is 2. The van der Waals surface area contributed by atoms with Crippen molar-refractivity contribution in [2.24, 2.45) is 0 Å². The van der Waals surface area contributed by atoms with E-state index in [-0.39, 0.29) is 5.82 Å². The van der Waals surface area contributed by atoms with Crippen molar-refractivity contribution in [3.8, 4) is 0 Å². The van der Waals surface area contributed by atoms with Crippen LogP contribution in [0, 0.1) is 12.1 Å². The van der Waals surface area contributed by atoms with E-state index in [4.69, 9.17) is 0 Å². The van der Waals surface area contributed by atoms with Gasteiger partial charge < -0.3 is 0 Å². The Bertz CT molecular complexity index is 204. The first-order chi connectivity index (χ1) is 4.34. The van der Waals surface area contributed by atoms with Crippen LogP contribution in [-0.2, 0) is 0 Å². The molecule has 1 aromatic heterocycles. The summed E-state index contributed by atoms with van der Waals surface area (Å²) >= 11 is 1.24. The SMILES string of the molecule is CSc1n[c]ncc1F. The lowest BCUT2D eigenvalue weighted by atomic mass is 10.6. The fraction of sp³-hybridized carbons (Fsp3) is 0.200. The Balaban J connectivity index is 3.01. The van der Waals surface area contributed by atoms with Crippen LogP contribution in [0.5, 0.6) is 0 Å². The average Bonchev–Trinajstić information content (AvgIpc) is 1.89. The Hall–Kier alpha value is -0.640. The van der Waals surface area contributed by atoms with Gasteiger partial charge in [0.25, 0.3) is 0 Å². The van der Waals surface area contributed by atoms with Gasteiger partial charge in [-0.05, 0) is 6.26 Å². The van der Waals surface area contributed by atoms with Crippen LogP contribution in [0.15, 0.2) is 11.2 Å². The molecule has 0 bridgehead atoms. The summed E-state index contributed by atoms with van der Waals surface area (Å²) in [6.45, 7) is 0. The molecule has 9 heavy (non-hydrogen) atoms. The van der Waals surface area contributed by atoms with Gasteiger partial charge in [-0.2, -0.15) is 0 Å². The van der Waals surface area contributed by atoms with Crippen LogP contribution in [-0.4, -0.2) is 16.2 Å². The van der Waals surface area contributed by atoms with Crippen LogP contribution < -0.4 is 0 Å². The summed E-state index contributed by atoms with van der Waals surface area (Å²) < 4.78 is 12.4. The Labute approximate surface area is 56.5 Å². The van der Waals surface area contributed by atoms with Crippen molar-refractivity contribution >= 4 is 11.8 Å². The second-order valence-corrected chi connectivity index (χ2v) is 2.12. The highest BCUT2D eigenvalue weighted by Gasteiger charge is 1.98. The molecule has 1 radical (unpaired) electrons. The van der Waals surface area contributed by atoms with Gasteiger partial charge in [0, 0.05) is 0 Å². The third-order valence-electron chi connectivity index (χ3n) is 0.785. The summed E-state index contributed by atoms with van der Waals surface area (Å²) in [5.41, 5.74) is 0. The fourth-order valence-corrected chi connectivity index (χ4v) is 0.791. The van der Waals surface area contributed by atoms with Crippen molar-refractivity contribution in [3.63, 3.8) is 0 Å². The molecule has 0 fully saturated rings. The van der Waals surface area contributed by atoms with Gasteiger partial charge in [0.15, 0.2) is 12.1 Å². The molecule has 0 unspecified atom stereocenters. The molecule has 0 aliphatic heterocycles. The molecule has 0 saturated heterocycles. The quantitative estimate of drug-likeness (QED) is 0.435. The number of hydrogen-bond acceptors (Lipinski definition) is 3. The molecule has 1 heterocycles. The maximum Gasteiger partial charge on any atom is 0.199 e. The predicted octanol–water partition coefficient (Wildman–Crippen LogP) is 1.14. The molecule has 0 atom stereocenters. The third kappa shape index (κ3) is 1.38. The van der Waals surface area contributed by atoms with E-state index in [0.29, 0.717) is 5.03 Å². The van der Waals surface area contributed by atoms with Gasteiger partial charge in [0.05, 0.1) is 6.20 Å². The standard InChI is InChI=1S/C5H4FN2S/c1-9-5-4(6)2-7-3-8-5/h2H,1H3. The van der Waals surface area contributed by atoms with Crippen molar-refractivity contribution in [2.45, 2.75) is 5.03 Å². The van der Waals surface area contributed by atoms with E-state index >= 15 is 0 Å². The minimum atomic E-state index is -0.388. The highest BCUT2D eigenvalue weighted by atomic mass is 32.2. The lowest BCUT2D eigenvalue weighted by Gasteiger charge is -1.91. The van der Waals surface area contributed by atoms with Gasteiger partial charge in [-0.3, -0.25) is 0 Å². The molecule has 0 N–H and O–H groups in total. The molecule has 2 nitrogen and oxygen atoms in total. The highest BCUT2D eigenvalue weighted by Crippen LogP contribution is 2.12. The fourth-order valence-electron chi connectivity index (χ4n) is 0.412. The maximum atomic E-state index is 12.4. The molecular formula is C5H4FN2S. The maximum absolute atomic E-state index is 12.4. The molecule has 1 rings (SSSR count). The molecule has 4 heteroatoms. The summed E-state index contributed by atoms with van der Waals surface area (Å²) in [4.78, 5) is 6.92. The molecule has 47 valence electrons. The topological polar surface area (TPSA) is 25.8 Å². The van der Waals surface area contributed by atoms with Crippen LogP contribution in [0.1, 0.15) is 0 Å². The summed E-state index contributed by atoms with van der Waals surface area (Å²) in [5.74, 6) is -0.388. The largest absolute Gasteiger partial charge is 0.231 e. The normalized spacial score (nSPS) is 9.56. The second kappa shape index (κ2) is 2.77. The van der Waals surface area contributed by atoms with E-state index in [0.717, 1.165) is 6.20 Å². The Morgan fingerprint density at radius 2 is 2.56 bits per heavy atom. The molecule has 1 aromatic rings. The van der Waals surface area contributed by atoms with Gasteiger partial charge >= 0.3 is 0 Å². The predicted molar refractivity (Wildman–Crippen MR) is 32.6 cm³/mol. The lowest BCUT2D eigenvalue weighted by molar-refractivity contribution is 0.578. The van der Waals surface area contributed by atoms with Crippen molar-refractivity contribution in [2.75, 3.05) is 6.26 Å². The van der Waals surface area contributed by atoms with Crippen LogP contribution in [0.25, 0.3) is 0 Å². The van der Waals surface area contributed by atoms with Crippen molar-refractivity contribution in [3.05, 3.63) is 18.3 Å². The minimum absolute atomic E-state index is 0.338. The molecule has 0 aliphatic rings. The monoisotopic (exact) mass is 143 g/mol. The van der Waals surface area contributed by atoms with Crippen LogP contribution >= 0.6 is 11.8 Å². The third-order valence-corrected chi connectivity index (χ3v) is 1.46. The zero-order valence-electron chi connectivity index (χ0n) is 4.76. The van der Waals surface area contributed by atoms with Gasteiger partial charge in [0.2, 0.25) is 0 Å². The number of aromatic nitrogens is 2. The first-order valence-electron chi connectivity index (χ1n) is 2.27. The molecular weight excluding hydrogens is 139 g/mol. The second-order valence-electron chi connectivity index (χ2n) is 1.33. The number of hydrogen-bond donors (Lipinski definition) is 0. The molecule has 0 aliphatic carbocycles. The highest BCUT2D eigenvalue weighted by molar-refractivity contribution is 7.98. The van der Waals surface area contributed by atoms with Crippen LogP contribution in [0.4, 0.5) is 4.39 Å². The van der Waals surface area contributed by atoms with E-state index in [1.165, 1.54) is 11.8 Å². The van der Waals surface area contributed by atoms with E-state index in [2.05, 4.69) is 16.3 Å². The number of halogens is 1. The Kier molecular flexibility index (Phi) is 2.00. The zero-order chi connectivity index (χ0) is 6.69. The van der Waals surface area contributed by atoms with Crippen LogP contribution in [0.3, 0.4) is 0 Å². The van der Waals surface area contributed by atoms with Crippen molar-refractivity contribution in [1.29, 1.82) is 0 Å².